The normalized spacial score (nSPS) is 10.8. The van der Waals surface area contributed by atoms with Crippen molar-refractivity contribution in [2.75, 3.05) is 27.4 Å². The molecule has 198 valence electrons. The topological polar surface area (TPSA) is 149 Å². The van der Waals surface area contributed by atoms with Gasteiger partial charge in [0.25, 0.3) is 0 Å². The molecule has 0 aliphatic rings. The first-order chi connectivity index (χ1) is 18.3. The van der Waals surface area contributed by atoms with Gasteiger partial charge in [0, 0.05) is 17.0 Å². The fourth-order valence-electron chi connectivity index (χ4n) is 3.65. The second-order valence-electron chi connectivity index (χ2n) is 7.63. The Morgan fingerprint density at radius 1 is 1.13 bits per heavy atom. The highest BCUT2D eigenvalue weighted by Crippen LogP contribution is 2.37. The lowest BCUT2D eigenvalue weighted by molar-refractivity contribution is 0.256. The van der Waals surface area contributed by atoms with Crippen LogP contribution in [-0.4, -0.2) is 46.9 Å². The number of H-pyrrole nitrogens is 1. The van der Waals surface area contributed by atoms with Crippen LogP contribution in [0.4, 0.5) is 8.78 Å². The van der Waals surface area contributed by atoms with Gasteiger partial charge in [0.1, 0.15) is 23.7 Å². The van der Waals surface area contributed by atoms with Crippen molar-refractivity contribution in [3.05, 3.63) is 73.2 Å². The van der Waals surface area contributed by atoms with Gasteiger partial charge in [-0.05, 0) is 24.6 Å². The van der Waals surface area contributed by atoms with Crippen molar-refractivity contribution in [3.8, 4) is 28.8 Å². The lowest BCUT2D eigenvalue weighted by Gasteiger charge is -2.17. The van der Waals surface area contributed by atoms with Gasteiger partial charge in [0.05, 0.1) is 43.6 Å². The van der Waals surface area contributed by atoms with Crippen LogP contribution in [0.5, 0.6) is 23.1 Å². The van der Waals surface area contributed by atoms with Gasteiger partial charge in [-0.15, -0.1) is 0 Å². The van der Waals surface area contributed by atoms with Crippen LogP contribution in [0.1, 0.15) is 11.4 Å². The molecule has 38 heavy (non-hydrogen) atoms. The van der Waals surface area contributed by atoms with Crippen molar-refractivity contribution in [2.45, 2.75) is 13.5 Å². The molecule has 1 N–H and O–H groups in total. The predicted octanol–water partition coefficient (Wildman–Crippen LogP) is 4.63. The number of azide groups is 1. The summed E-state index contributed by atoms with van der Waals surface area (Å²) in [5, 5.41) is 3.48. The minimum Gasteiger partial charge on any atom is -0.496 e. The number of aryl methyl sites for hydroxylation is 1. The van der Waals surface area contributed by atoms with Crippen molar-refractivity contribution in [2.24, 2.45) is 5.11 Å². The molecular formula is C23H20ClF2N7O5. The molecule has 4 rings (SSSR count). The number of ether oxygens (including phenoxy) is 4. The minimum absolute atomic E-state index is 0.000441. The van der Waals surface area contributed by atoms with Crippen LogP contribution in [0.3, 0.4) is 0 Å². The maximum atomic E-state index is 14.5. The number of hydrogen-bond acceptors (Lipinski definition) is 8. The van der Waals surface area contributed by atoms with Gasteiger partial charge in [-0.2, -0.15) is 4.98 Å². The number of rotatable bonds is 10. The highest BCUT2D eigenvalue weighted by Gasteiger charge is 2.22. The van der Waals surface area contributed by atoms with Crippen LogP contribution < -0.4 is 24.6 Å². The molecule has 2 heterocycles. The molecule has 0 fully saturated rings. The van der Waals surface area contributed by atoms with Gasteiger partial charge in [-0.25, -0.2) is 23.1 Å². The van der Waals surface area contributed by atoms with Crippen molar-refractivity contribution < 1.29 is 27.7 Å². The van der Waals surface area contributed by atoms with Crippen LogP contribution in [0.2, 0.25) is 5.02 Å². The third-order valence-corrected chi connectivity index (χ3v) is 5.62. The minimum atomic E-state index is -1.14. The zero-order chi connectivity index (χ0) is 27.4. The number of nitrogens with one attached hydrogen (secondary N) is 1. The van der Waals surface area contributed by atoms with Gasteiger partial charge in [-0.1, -0.05) is 16.7 Å². The van der Waals surface area contributed by atoms with E-state index >= 15 is 0 Å². The van der Waals surface area contributed by atoms with E-state index in [4.69, 9.17) is 36.1 Å². The summed E-state index contributed by atoms with van der Waals surface area (Å²) >= 11 is 6.53. The summed E-state index contributed by atoms with van der Waals surface area (Å²) in [6.45, 7) is 1.13. The van der Waals surface area contributed by atoms with Crippen molar-refractivity contribution in [1.82, 2.24) is 19.5 Å². The lowest BCUT2D eigenvalue weighted by Crippen LogP contribution is -2.16. The molecule has 0 unspecified atom stereocenters. The molecule has 0 amide bonds. The van der Waals surface area contributed by atoms with E-state index in [0.717, 1.165) is 6.07 Å². The average molecular weight is 548 g/mol. The largest absolute Gasteiger partial charge is 0.496 e. The molecule has 0 saturated heterocycles. The van der Waals surface area contributed by atoms with E-state index in [1.807, 2.05) is 0 Å². The quantitative estimate of drug-likeness (QED) is 0.131. The highest BCUT2D eigenvalue weighted by molar-refractivity contribution is 6.32. The Kier molecular flexibility index (Phi) is 7.84. The zero-order valence-electron chi connectivity index (χ0n) is 20.3. The molecule has 0 spiro atoms. The first-order valence-electron chi connectivity index (χ1n) is 10.9. The number of aromatic nitrogens is 4. The maximum Gasteiger partial charge on any atom is 0.332 e. The number of aromatic amines is 1. The Labute approximate surface area is 218 Å². The predicted molar refractivity (Wildman–Crippen MR) is 133 cm³/mol. The van der Waals surface area contributed by atoms with Gasteiger partial charge in [0.2, 0.25) is 5.88 Å². The molecule has 2 aromatic carbocycles. The van der Waals surface area contributed by atoms with Gasteiger partial charge < -0.3 is 18.9 Å². The molecule has 12 nitrogen and oxygen atoms in total. The summed E-state index contributed by atoms with van der Waals surface area (Å²) in [5.74, 6) is -1.55. The standard InChI is InChI=1S/C23H20ClF2N7O5/c1-11-29-21-20(22(30-11)36-3)31-23(34)33(21)15-9-18(17(8-13(15)24)37-7-6-28-32-27)38-10-12-16(35-2)5-4-14(25)19(12)26/h4-5,8-9H,6-7,10H2,1-3H3,(H,31,34). The SMILES string of the molecule is COc1ccc(F)c(F)c1COc1cc(-n2c(=O)[nH]c3c(OC)nc(C)nc32)c(Cl)cc1OCCN=[N+]=[N-]. The smallest absolute Gasteiger partial charge is 0.332 e. The third kappa shape index (κ3) is 5.12. The lowest BCUT2D eigenvalue weighted by atomic mass is 10.2. The number of methoxy groups -OCH3 is 2. The molecule has 0 bridgehead atoms. The van der Waals surface area contributed by atoms with E-state index in [1.54, 1.807) is 6.92 Å². The molecule has 0 atom stereocenters. The fraction of sp³-hybridized carbons (Fsp3) is 0.261. The van der Waals surface area contributed by atoms with Crippen LogP contribution >= 0.6 is 11.6 Å². The summed E-state index contributed by atoms with van der Waals surface area (Å²) in [5.41, 5.74) is 8.30. The summed E-state index contributed by atoms with van der Waals surface area (Å²) in [6.07, 6.45) is 0. The fourth-order valence-corrected chi connectivity index (χ4v) is 3.89. The third-order valence-electron chi connectivity index (χ3n) is 5.32. The summed E-state index contributed by atoms with van der Waals surface area (Å²) in [4.78, 5) is 26.8. The van der Waals surface area contributed by atoms with Gasteiger partial charge in [0.15, 0.2) is 28.8 Å². The Hall–Kier alpha value is -4.55. The number of benzene rings is 2. The van der Waals surface area contributed by atoms with Gasteiger partial charge in [-0.3, -0.25) is 4.98 Å². The Bertz CT molecular complexity index is 1620. The first-order valence-corrected chi connectivity index (χ1v) is 11.3. The number of halogens is 3. The van der Waals surface area contributed by atoms with E-state index in [-0.39, 0.29) is 63.7 Å². The summed E-state index contributed by atoms with van der Waals surface area (Å²) in [6, 6.07) is 4.96. The summed E-state index contributed by atoms with van der Waals surface area (Å²) < 4.78 is 51.5. The molecule has 0 radical (unpaired) electrons. The molecule has 0 aliphatic carbocycles. The molecule has 15 heteroatoms. The Morgan fingerprint density at radius 3 is 2.61 bits per heavy atom. The number of fused-ring (bicyclic) bond motifs is 1. The van der Waals surface area contributed by atoms with Crippen LogP contribution in [0.15, 0.2) is 34.2 Å². The van der Waals surface area contributed by atoms with Crippen molar-refractivity contribution in [1.29, 1.82) is 0 Å². The first kappa shape index (κ1) is 26.5. The van der Waals surface area contributed by atoms with Crippen LogP contribution in [-0.2, 0) is 6.61 Å². The number of nitrogens with zero attached hydrogens (tertiary/aromatic N) is 6. The molecule has 0 saturated carbocycles. The van der Waals surface area contributed by atoms with Crippen molar-refractivity contribution >= 4 is 22.8 Å². The molecular weight excluding hydrogens is 528 g/mol. The highest BCUT2D eigenvalue weighted by atomic mass is 35.5. The molecule has 2 aromatic heterocycles. The van der Waals surface area contributed by atoms with E-state index in [1.165, 1.54) is 37.0 Å². The van der Waals surface area contributed by atoms with E-state index < -0.39 is 23.9 Å². The zero-order valence-corrected chi connectivity index (χ0v) is 21.0. The average Bonchev–Trinajstić information content (AvgIpc) is 3.22. The van der Waals surface area contributed by atoms with Crippen LogP contribution in [0.25, 0.3) is 27.3 Å². The summed E-state index contributed by atoms with van der Waals surface area (Å²) in [7, 11) is 2.71. The van der Waals surface area contributed by atoms with E-state index in [0.29, 0.717) is 5.82 Å². The maximum absolute atomic E-state index is 14.5. The Balaban J connectivity index is 1.83. The number of hydrogen-bond donors (Lipinski definition) is 1. The molecule has 4 aromatic rings. The molecule has 0 aliphatic heterocycles. The van der Waals surface area contributed by atoms with E-state index in [2.05, 4.69) is 25.0 Å². The Morgan fingerprint density at radius 2 is 1.89 bits per heavy atom. The number of imidazole rings is 1. The van der Waals surface area contributed by atoms with Crippen molar-refractivity contribution in [3.63, 3.8) is 0 Å². The van der Waals surface area contributed by atoms with Gasteiger partial charge >= 0.3 is 5.69 Å². The van der Waals surface area contributed by atoms with E-state index in [9.17, 15) is 13.6 Å². The second-order valence-corrected chi connectivity index (χ2v) is 8.04. The second kappa shape index (κ2) is 11.2. The van der Waals surface area contributed by atoms with Crippen LogP contribution in [0, 0.1) is 18.6 Å². The monoisotopic (exact) mass is 547 g/mol.